The maximum absolute atomic E-state index is 12.1. The molecule has 0 bridgehead atoms. The van der Waals surface area contributed by atoms with Gasteiger partial charge >= 0.3 is 18.1 Å². The van der Waals surface area contributed by atoms with Crippen molar-refractivity contribution in [2.75, 3.05) is 13.2 Å². The number of ether oxygens (including phenoxy) is 2. The van der Waals surface area contributed by atoms with Crippen LogP contribution in [0, 0.1) is 5.41 Å². The minimum Gasteiger partial charge on any atom is -0.465 e. The lowest BCUT2D eigenvalue weighted by molar-refractivity contribution is -0.173. The van der Waals surface area contributed by atoms with E-state index < -0.39 is 30.0 Å². The van der Waals surface area contributed by atoms with E-state index in [1.54, 1.807) is 13.8 Å². The van der Waals surface area contributed by atoms with E-state index in [1.165, 1.54) is 6.92 Å². The van der Waals surface area contributed by atoms with Gasteiger partial charge in [-0.05, 0) is 33.6 Å². The number of halogens is 3. The third kappa shape index (κ3) is 5.94. The fourth-order valence-electron chi connectivity index (χ4n) is 1.51. The summed E-state index contributed by atoms with van der Waals surface area (Å²) in [6, 6.07) is 0. The van der Waals surface area contributed by atoms with Gasteiger partial charge in [-0.25, -0.2) is 0 Å². The number of hydrogen-bond donors (Lipinski definition) is 0. The summed E-state index contributed by atoms with van der Waals surface area (Å²) in [6.07, 6.45) is -5.96. The highest BCUT2D eigenvalue weighted by Crippen LogP contribution is 2.31. The average Bonchev–Trinajstić information content (AvgIpc) is 2.27. The van der Waals surface area contributed by atoms with Crippen molar-refractivity contribution < 1.29 is 32.2 Å². The van der Waals surface area contributed by atoms with E-state index in [-0.39, 0.29) is 26.1 Å². The van der Waals surface area contributed by atoms with Gasteiger partial charge < -0.3 is 9.47 Å². The summed E-state index contributed by atoms with van der Waals surface area (Å²) < 4.78 is 45.8. The first-order valence-electron chi connectivity index (χ1n) is 6.08. The Labute approximate surface area is 110 Å². The molecule has 0 atom stereocenters. The van der Waals surface area contributed by atoms with Gasteiger partial charge in [-0.2, -0.15) is 13.2 Å². The zero-order chi connectivity index (χ0) is 15.1. The average molecular weight is 284 g/mol. The van der Waals surface area contributed by atoms with Crippen LogP contribution in [-0.4, -0.2) is 31.3 Å². The first-order valence-corrected chi connectivity index (χ1v) is 6.08. The van der Waals surface area contributed by atoms with Crippen molar-refractivity contribution in [1.82, 2.24) is 0 Å². The number of esters is 2. The van der Waals surface area contributed by atoms with Crippen LogP contribution in [-0.2, 0) is 19.1 Å². The van der Waals surface area contributed by atoms with Crippen LogP contribution < -0.4 is 0 Å². The Hall–Kier alpha value is -1.27. The summed E-state index contributed by atoms with van der Waals surface area (Å²) in [7, 11) is 0. The summed E-state index contributed by atoms with van der Waals surface area (Å²) in [5.41, 5.74) is -1.68. The SMILES string of the molecule is CCOC(=O)C(C)(CCCC(F)(F)F)C(=O)OCC. The molecule has 0 aromatic rings. The van der Waals surface area contributed by atoms with E-state index >= 15 is 0 Å². The number of rotatable bonds is 7. The van der Waals surface area contributed by atoms with Gasteiger partial charge in [0, 0.05) is 6.42 Å². The van der Waals surface area contributed by atoms with Gasteiger partial charge in [0.1, 0.15) is 0 Å². The van der Waals surface area contributed by atoms with Crippen molar-refractivity contribution in [3.8, 4) is 0 Å². The molecule has 0 fully saturated rings. The van der Waals surface area contributed by atoms with Crippen molar-refractivity contribution in [3.05, 3.63) is 0 Å². The largest absolute Gasteiger partial charge is 0.465 e. The lowest BCUT2D eigenvalue weighted by atomic mass is 9.85. The summed E-state index contributed by atoms with van der Waals surface area (Å²) >= 11 is 0. The number of carbonyl (C=O) groups is 2. The first-order chi connectivity index (χ1) is 8.67. The Morgan fingerprint density at radius 1 is 0.947 bits per heavy atom. The molecular formula is C12H19F3O4. The van der Waals surface area contributed by atoms with Crippen LogP contribution in [0.4, 0.5) is 13.2 Å². The Morgan fingerprint density at radius 2 is 1.37 bits per heavy atom. The first kappa shape index (κ1) is 17.7. The van der Waals surface area contributed by atoms with Crippen molar-refractivity contribution >= 4 is 11.9 Å². The quantitative estimate of drug-likeness (QED) is 0.533. The molecular weight excluding hydrogens is 265 g/mol. The molecule has 7 heteroatoms. The third-order valence-corrected chi connectivity index (χ3v) is 2.59. The van der Waals surface area contributed by atoms with E-state index in [0.717, 1.165) is 0 Å². The maximum atomic E-state index is 12.1. The van der Waals surface area contributed by atoms with Crippen molar-refractivity contribution in [1.29, 1.82) is 0 Å². The molecule has 0 N–H and O–H groups in total. The predicted molar refractivity (Wildman–Crippen MR) is 61.3 cm³/mol. The molecule has 0 amide bonds. The summed E-state index contributed by atoms with van der Waals surface area (Å²) in [6.45, 7) is 4.46. The van der Waals surface area contributed by atoms with Crippen LogP contribution in [0.2, 0.25) is 0 Å². The Kier molecular flexibility index (Phi) is 6.86. The van der Waals surface area contributed by atoms with E-state index in [0.29, 0.717) is 0 Å². The minimum absolute atomic E-state index is 0.0487. The molecule has 0 rings (SSSR count). The van der Waals surface area contributed by atoms with Gasteiger partial charge in [-0.3, -0.25) is 9.59 Å². The molecule has 0 saturated heterocycles. The van der Waals surface area contributed by atoms with Crippen LogP contribution >= 0.6 is 0 Å². The van der Waals surface area contributed by atoms with E-state index in [2.05, 4.69) is 0 Å². The van der Waals surface area contributed by atoms with E-state index in [9.17, 15) is 22.8 Å². The predicted octanol–water partition coefficient (Wildman–Crippen LogP) is 2.85. The molecule has 0 aromatic heterocycles. The molecule has 0 radical (unpaired) electrons. The van der Waals surface area contributed by atoms with Crippen molar-refractivity contribution in [2.24, 2.45) is 5.41 Å². The molecule has 112 valence electrons. The number of hydrogen-bond acceptors (Lipinski definition) is 4. The second-order valence-electron chi connectivity index (χ2n) is 4.24. The standard InChI is InChI=1S/C12H19F3O4/c1-4-18-9(16)11(3,10(17)19-5-2)7-6-8-12(13,14)15/h4-8H2,1-3H3. The van der Waals surface area contributed by atoms with E-state index in [4.69, 9.17) is 9.47 Å². The maximum Gasteiger partial charge on any atom is 0.389 e. The minimum atomic E-state index is -4.32. The normalized spacial score (nSPS) is 12.1. The highest BCUT2D eigenvalue weighted by molar-refractivity contribution is 5.99. The van der Waals surface area contributed by atoms with Crippen molar-refractivity contribution in [2.45, 2.75) is 46.2 Å². The second-order valence-corrected chi connectivity index (χ2v) is 4.24. The van der Waals surface area contributed by atoms with Gasteiger partial charge in [0.2, 0.25) is 0 Å². The summed E-state index contributed by atoms with van der Waals surface area (Å²) in [5, 5.41) is 0. The molecule has 0 aromatic carbocycles. The molecule has 0 heterocycles. The molecule has 0 aliphatic rings. The van der Waals surface area contributed by atoms with E-state index in [1.807, 2.05) is 0 Å². The van der Waals surface area contributed by atoms with Gasteiger partial charge in [0.25, 0.3) is 0 Å². The van der Waals surface area contributed by atoms with Crippen LogP contribution in [0.1, 0.15) is 40.0 Å². The van der Waals surface area contributed by atoms with Gasteiger partial charge in [-0.15, -0.1) is 0 Å². The Bertz CT molecular complexity index is 295. The monoisotopic (exact) mass is 284 g/mol. The fraction of sp³-hybridized carbons (Fsp3) is 0.833. The Balaban J connectivity index is 4.76. The Morgan fingerprint density at radius 3 is 1.68 bits per heavy atom. The topological polar surface area (TPSA) is 52.6 Å². The highest BCUT2D eigenvalue weighted by Gasteiger charge is 2.44. The van der Waals surface area contributed by atoms with Gasteiger partial charge in [-0.1, -0.05) is 0 Å². The molecule has 4 nitrogen and oxygen atoms in total. The van der Waals surface area contributed by atoms with Crippen LogP contribution in [0.15, 0.2) is 0 Å². The molecule has 0 saturated carbocycles. The molecule has 0 spiro atoms. The number of alkyl halides is 3. The highest BCUT2D eigenvalue weighted by atomic mass is 19.4. The smallest absolute Gasteiger partial charge is 0.389 e. The fourth-order valence-corrected chi connectivity index (χ4v) is 1.51. The molecule has 0 unspecified atom stereocenters. The molecule has 0 aliphatic heterocycles. The zero-order valence-electron chi connectivity index (χ0n) is 11.3. The van der Waals surface area contributed by atoms with Gasteiger partial charge in [0.15, 0.2) is 5.41 Å². The third-order valence-electron chi connectivity index (χ3n) is 2.59. The zero-order valence-corrected chi connectivity index (χ0v) is 11.3. The van der Waals surface area contributed by atoms with Gasteiger partial charge in [0.05, 0.1) is 13.2 Å². The van der Waals surface area contributed by atoms with Crippen LogP contribution in [0.5, 0.6) is 0 Å². The molecule has 19 heavy (non-hydrogen) atoms. The molecule has 0 aliphatic carbocycles. The second kappa shape index (κ2) is 7.35. The summed E-state index contributed by atoms with van der Waals surface area (Å²) in [4.78, 5) is 23.5. The lowest BCUT2D eigenvalue weighted by Gasteiger charge is -2.25. The van der Waals surface area contributed by atoms with Crippen LogP contribution in [0.3, 0.4) is 0 Å². The lowest BCUT2D eigenvalue weighted by Crippen LogP contribution is -2.39. The summed E-state index contributed by atoms with van der Waals surface area (Å²) in [5.74, 6) is -1.70. The number of carbonyl (C=O) groups excluding carboxylic acids is 2. The van der Waals surface area contributed by atoms with Crippen LogP contribution in [0.25, 0.3) is 0 Å². The van der Waals surface area contributed by atoms with Crippen molar-refractivity contribution in [3.63, 3.8) is 0 Å².